The highest BCUT2D eigenvalue weighted by Crippen LogP contribution is 2.65. The maximum absolute atomic E-state index is 12.4. The third-order valence-corrected chi connectivity index (χ3v) is 6.84. The van der Waals surface area contributed by atoms with Gasteiger partial charge < -0.3 is 5.11 Å². The molecule has 20 heavy (non-hydrogen) atoms. The van der Waals surface area contributed by atoms with Crippen molar-refractivity contribution in [3.63, 3.8) is 0 Å². The second-order valence-corrected chi connectivity index (χ2v) is 8.10. The van der Waals surface area contributed by atoms with Gasteiger partial charge in [-0.2, -0.15) is 0 Å². The van der Waals surface area contributed by atoms with Gasteiger partial charge in [-0.1, -0.05) is 32.4 Å². The molecule has 112 valence electrons. The molecule has 2 saturated carbocycles. The molecule has 2 fully saturated rings. The zero-order valence-electron chi connectivity index (χ0n) is 13.2. The molecule has 3 aliphatic carbocycles. The maximum Gasteiger partial charge on any atom is 0.138 e. The lowest BCUT2D eigenvalue weighted by Gasteiger charge is -2.60. The van der Waals surface area contributed by atoms with Gasteiger partial charge >= 0.3 is 0 Å². The summed E-state index contributed by atoms with van der Waals surface area (Å²) in [6.07, 6.45) is 9.73. The van der Waals surface area contributed by atoms with Crippen molar-refractivity contribution >= 4 is 5.78 Å². The van der Waals surface area contributed by atoms with Crippen LogP contribution in [0.5, 0.6) is 0 Å². The molecule has 0 spiro atoms. The summed E-state index contributed by atoms with van der Waals surface area (Å²) in [5, 5.41) is 10.1. The Hall–Kier alpha value is -0.630. The second-order valence-electron chi connectivity index (χ2n) is 8.10. The van der Waals surface area contributed by atoms with Crippen LogP contribution in [0.2, 0.25) is 0 Å². The molecule has 0 radical (unpaired) electrons. The Morgan fingerprint density at radius 3 is 2.70 bits per heavy atom. The van der Waals surface area contributed by atoms with E-state index >= 15 is 0 Å². The molecule has 0 aromatic heterocycles. The standard InChI is InChI=1S/C18H28O2/c1-16(2)13-7-11-18(12-19)9-5-4-6-14(18)17(13,3)10-8-15(16)20/h6,13,19H,4-5,7-12H2,1-3H3/t13-,17-,18+/m0/s1. The second kappa shape index (κ2) is 4.43. The summed E-state index contributed by atoms with van der Waals surface area (Å²) in [5.41, 5.74) is 1.45. The van der Waals surface area contributed by atoms with E-state index in [4.69, 9.17) is 0 Å². The number of allylic oxidation sites excluding steroid dienone is 1. The Morgan fingerprint density at radius 1 is 1.25 bits per heavy atom. The van der Waals surface area contributed by atoms with E-state index in [-0.39, 0.29) is 22.9 Å². The first-order valence-corrected chi connectivity index (χ1v) is 8.22. The van der Waals surface area contributed by atoms with Crippen LogP contribution >= 0.6 is 0 Å². The zero-order valence-corrected chi connectivity index (χ0v) is 13.2. The predicted octanol–water partition coefficient (Wildman–Crippen LogP) is 3.88. The van der Waals surface area contributed by atoms with Crippen molar-refractivity contribution in [2.75, 3.05) is 6.61 Å². The fraction of sp³-hybridized carbons (Fsp3) is 0.833. The third-order valence-electron chi connectivity index (χ3n) is 6.84. The summed E-state index contributed by atoms with van der Waals surface area (Å²) in [4.78, 5) is 12.4. The SMILES string of the molecule is CC1(C)C(=O)CC[C@]2(C)C3=CCCC[C@]3(CO)CC[C@@H]12. The van der Waals surface area contributed by atoms with E-state index in [1.54, 1.807) is 0 Å². The molecule has 0 heterocycles. The van der Waals surface area contributed by atoms with Crippen LogP contribution < -0.4 is 0 Å². The number of fused-ring (bicyclic) bond motifs is 3. The number of hydrogen-bond donors (Lipinski definition) is 1. The van der Waals surface area contributed by atoms with Crippen LogP contribution in [-0.2, 0) is 4.79 Å². The molecule has 0 aliphatic heterocycles. The molecule has 0 aromatic rings. The van der Waals surface area contributed by atoms with Gasteiger partial charge in [0.05, 0.1) is 6.61 Å². The Balaban J connectivity index is 2.07. The van der Waals surface area contributed by atoms with Crippen LogP contribution in [0.25, 0.3) is 0 Å². The minimum atomic E-state index is -0.201. The Labute approximate surface area is 122 Å². The van der Waals surface area contributed by atoms with Crippen LogP contribution in [0, 0.1) is 22.2 Å². The molecule has 0 aromatic carbocycles. The van der Waals surface area contributed by atoms with E-state index in [9.17, 15) is 9.90 Å². The molecule has 3 rings (SSSR count). The quantitative estimate of drug-likeness (QED) is 0.738. The third kappa shape index (κ3) is 1.70. The molecule has 1 N–H and O–H groups in total. The Bertz CT molecular complexity index is 462. The summed E-state index contributed by atoms with van der Waals surface area (Å²) in [6, 6.07) is 0. The van der Waals surface area contributed by atoms with Crippen LogP contribution in [0.1, 0.15) is 65.7 Å². The van der Waals surface area contributed by atoms with E-state index in [1.165, 1.54) is 12.0 Å². The summed E-state index contributed by atoms with van der Waals surface area (Å²) in [7, 11) is 0. The van der Waals surface area contributed by atoms with Gasteiger partial charge in [0, 0.05) is 17.3 Å². The van der Waals surface area contributed by atoms with Crippen molar-refractivity contribution in [3.05, 3.63) is 11.6 Å². The molecule has 0 bridgehead atoms. The number of carbonyl (C=O) groups excluding carboxylic acids is 1. The first-order chi connectivity index (χ1) is 9.37. The maximum atomic E-state index is 12.4. The molecular weight excluding hydrogens is 248 g/mol. The van der Waals surface area contributed by atoms with Crippen molar-refractivity contribution in [1.82, 2.24) is 0 Å². The van der Waals surface area contributed by atoms with E-state index < -0.39 is 0 Å². The van der Waals surface area contributed by atoms with Crippen LogP contribution in [0.15, 0.2) is 11.6 Å². The van der Waals surface area contributed by atoms with Gasteiger partial charge in [-0.3, -0.25) is 4.79 Å². The van der Waals surface area contributed by atoms with Crippen molar-refractivity contribution in [1.29, 1.82) is 0 Å². The molecule has 3 atom stereocenters. The molecule has 3 aliphatic rings. The van der Waals surface area contributed by atoms with Crippen molar-refractivity contribution in [2.24, 2.45) is 22.2 Å². The summed E-state index contributed by atoms with van der Waals surface area (Å²) >= 11 is 0. The van der Waals surface area contributed by atoms with Crippen LogP contribution in [0.4, 0.5) is 0 Å². The predicted molar refractivity (Wildman–Crippen MR) is 80.3 cm³/mol. The lowest BCUT2D eigenvalue weighted by Crippen LogP contribution is -2.55. The Kier molecular flexibility index (Phi) is 3.17. The number of ketones is 1. The molecule has 2 nitrogen and oxygen atoms in total. The Morgan fingerprint density at radius 2 is 2.00 bits per heavy atom. The number of aliphatic hydroxyl groups is 1. The highest BCUT2D eigenvalue weighted by molar-refractivity contribution is 5.85. The highest BCUT2D eigenvalue weighted by atomic mass is 16.3. The van der Waals surface area contributed by atoms with E-state index in [0.717, 1.165) is 32.1 Å². The summed E-state index contributed by atoms with van der Waals surface area (Å²) in [6.45, 7) is 6.95. The van der Waals surface area contributed by atoms with Crippen molar-refractivity contribution in [3.8, 4) is 0 Å². The first kappa shape index (κ1) is 14.3. The first-order valence-electron chi connectivity index (χ1n) is 8.22. The summed E-state index contributed by atoms with van der Waals surface area (Å²) in [5.74, 6) is 0.883. The van der Waals surface area contributed by atoms with Gasteiger partial charge in [0.2, 0.25) is 0 Å². The van der Waals surface area contributed by atoms with Gasteiger partial charge in [0.15, 0.2) is 0 Å². The van der Waals surface area contributed by atoms with Gasteiger partial charge in [-0.05, 0) is 49.9 Å². The van der Waals surface area contributed by atoms with E-state index in [0.29, 0.717) is 18.1 Å². The fourth-order valence-electron chi connectivity index (χ4n) is 5.66. The average Bonchev–Trinajstić information content (AvgIpc) is 2.43. The molecule has 0 saturated heterocycles. The monoisotopic (exact) mass is 276 g/mol. The average molecular weight is 276 g/mol. The highest BCUT2D eigenvalue weighted by Gasteiger charge is 2.59. The molecular formula is C18H28O2. The van der Waals surface area contributed by atoms with Gasteiger partial charge in [-0.25, -0.2) is 0 Å². The minimum absolute atomic E-state index is 0.0277. The zero-order chi connectivity index (χ0) is 14.6. The largest absolute Gasteiger partial charge is 0.395 e. The van der Waals surface area contributed by atoms with E-state index in [1.807, 2.05) is 0 Å². The number of rotatable bonds is 1. The van der Waals surface area contributed by atoms with Crippen LogP contribution in [0.3, 0.4) is 0 Å². The van der Waals surface area contributed by atoms with Gasteiger partial charge in [-0.15, -0.1) is 0 Å². The number of Topliss-reactive ketones (excluding diaryl/α,β-unsaturated/α-hetero) is 1. The minimum Gasteiger partial charge on any atom is -0.395 e. The number of aliphatic hydroxyl groups excluding tert-OH is 1. The topological polar surface area (TPSA) is 37.3 Å². The molecule has 0 unspecified atom stereocenters. The van der Waals surface area contributed by atoms with Gasteiger partial charge in [0.25, 0.3) is 0 Å². The molecule has 2 heteroatoms. The van der Waals surface area contributed by atoms with Crippen molar-refractivity contribution < 1.29 is 9.90 Å². The smallest absolute Gasteiger partial charge is 0.138 e. The fourth-order valence-corrected chi connectivity index (χ4v) is 5.66. The van der Waals surface area contributed by atoms with Crippen molar-refractivity contribution in [2.45, 2.75) is 65.7 Å². The lowest BCUT2D eigenvalue weighted by molar-refractivity contribution is -0.142. The lowest BCUT2D eigenvalue weighted by atomic mass is 9.44. The van der Waals surface area contributed by atoms with Gasteiger partial charge in [0.1, 0.15) is 5.78 Å². The number of carbonyl (C=O) groups is 1. The molecule has 0 amide bonds. The number of hydrogen-bond acceptors (Lipinski definition) is 2. The van der Waals surface area contributed by atoms with Crippen LogP contribution in [-0.4, -0.2) is 17.5 Å². The normalized spacial score (nSPS) is 43.5. The summed E-state index contributed by atoms with van der Waals surface area (Å²) < 4.78 is 0. The van der Waals surface area contributed by atoms with E-state index in [2.05, 4.69) is 26.8 Å².